The Morgan fingerprint density at radius 3 is 2.59 bits per heavy atom. The zero-order chi connectivity index (χ0) is 19.4. The number of thiophene rings is 1. The first kappa shape index (κ1) is 19.1. The van der Waals surface area contributed by atoms with E-state index in [1.165, 1.54) is 11.3 Å². The summed E-state index contributed by atoms with van der Waals surface area (Å²) in [7, 11) is 0. The van der Waals surface area contributed by atoms with Crippen LogP contribution in [0.15, 0.2) is 41.8 Å². The molecule has 0 aliphatic carbocycles. The van der Waals surface area contributed by atoms with Gasteiger partial charge in [-0.05, 0) is 48.9 Å². The Labute approximate surface area is 161 Å². The van der Waals surface area contributed by atoms with E-state index in [4.69, 9.17) is 0 Å². The summed E-state index contributed by atoms with van der Waals surface area (Å²) < 4.78 is 0. The molecule has 1 fully saturated rings. The highest BCUT2D eigenvalue weighted by Gasteiger charge is 2.39. The van der Waals surface area contributed by atoms with E-state index in [-0.39, 0.29) is 18.4 Å². The number of carboxylic acids is 1. The van der Waals surface area contributed by atoms with E-state index in [1.54, 1.807) is 30.0 Å². The predicted octanol–water partition coefficient (Wildman–Crippen LogP) is 3.01. The average Bonchev–Trinajstić information content (AvgIpc) is 3.21. The van der Waals surface area contributed by atoms with Gasteiger partial charge in [-0.3, -0.25) is 14.4 Å². The summed E-state index contributed by atoms with van der Waals surface area (Å²) in [5.41, 5.74) is 0.531. The van der Waals surface area contributed by atoms with Crippen LogP contribution in [-0.4, -0.2) is 40.9 Å². The molecule has 1 saturated heterocycles. The van der Waals surface area contributed by atoms with Crippen molar-refractivity contribution in [3.8, 4) is 0 Å². The van der Waals surface area contributed by atoms with Crippen LogP contribution in [0.1, 0.15) is 45.4 Å². The number of benzene rings is 1. The molecule has 1 atom stereocenters. The topological polar surface area (TPSA) is 86.7 Å². The van der Waals surface area contributed by atoms with Gasteiger partial charge in [-0.1, -0.05) is 18.2 Å². The highest BCUT2D eigenvalue weighted by molar-refractivity contribution is 7.12. The summed E-state index contributed by atoms with van der Waals surface area (Å²) in [4.78, 5) is 38.4. The maximum absolute atomic E-state index is 12.7. The van der Waals surface area contributed by atoms with Gasteiger partial charge in [0.25, 0.3) is 11.8 Å². The Balaban J connectivity index is 1.60. The normalized spacial score (nSPS) is 19.5. The van der Waals surface area contributed by atoms with Crippen LogP contribution in [-0.2, 0) is 11.3 Å². The van der Waals surface area contributed by atoms with E-state index in [2.05, 4.69) is 5.32 Å². The van der Waals surface area contributed by atoms with E-state index in [0.29, 0.717) is 36.4 Å². The van der Waals surface area contributed by atoms with E-state index >= 15 is 0 Å². The second kappa shape index (κ2) is 7.92. The van der Waals surface area contributed by atoms with Crippen LogP contribution in [0.3, 0.4) is 0 Å². The van der Waals surface area contributed by atoms with Gasteiger partial charge in [-0.2, -0.15) is 0 Å². The third-order valence-electron chi connectivity index (χ3n) is 4.90. The number of nitrogens with zero attached hydrogens (tertiary/aromatic N) is 1. The zero-order valence-corrected chi connectivity index (χ0v) is 15.9. The molecule has 6 nitrogen and oxygen atoms in total. The van der Waals surface area contributed by atoms with Crippen LogP contribution >= 0.6 is 11.3 Å². The Morgan fingerprint density at radius 2 is 1.96 bits per heavy atom. The van der Waals surface area contributed by atoms with E-state index in [9.17, 15) is 19.5 Å². The fourth-order valence-corrected chi connectivity index (χ4v) is 3.85. The number of hydrogen-bond donors (Lipinski definition) is 2. The Kier molecular flexibility index (Phi) is 5.60. The van der Waals surface area contributed by atoms with E-state index in [1.807, 2.05) is 23.6 Å². The van der Waals surface area contributed by atoms with E-state index in [0.717, 1.165) is 5.56 Å². The van der Waals surface area contributed by atoms with Gasteiger partial charge in [0.05, 0.1) is 10.3 Å². The van der Waals surface area contributed by atoms with E-state index < -0.39 is 11.4 Å². The molecule has 1 aromatic heterocycles. The summed E-state index contributed by atoms with van der Waals surface area (Å²) in [5.74, 6) is -1.14. The van der Waals surface area contributed by atoms with Gasteiger partial charge in [0.1, 0.15) is 0 Å². The standard InChI is InChI=1S/C20H22N2O4S/c1-20(19(25)26)9-3-10-22(13-20)18(24)15-7-5-14(6-8-15)12-21-17(23)16-4-2-11-27-16/h2,4-8,11H,3,9-10,12-13H2,1H3,(H,21,23)(H,25,26). The summed E-state index contributed by atoms with van der Waals surface area (Å²) in [6.07, 6.45) is 1.26. The number of carboxylic acid groups (broad SMARTS) is 1. The number of nitrogens with one attached hydrogen (secondary N) is 1. The molecule has 0 radical (unpaired) electrons. The number of piperidine rings is 1. The number of amides is 2. The van der Waals surface area contributed by atoms with Crippen molar-refractivity contribution < 1.29 is 19.5 Å². The van der Waals surface area contributed by atoms with Gasteiger partial charge in [0, 0.05) is 25.2 Å². The lowest BCUT2D eigenvalue weighted by molar-refractivity contribution is -0.150. The van der Waals surface area contributed by atoms with Crippen LogP contribution < -0.4 is 5.32 Å². The number of rotatable bonds is 5. The second-order valence-electron chi connectivity index (χ2n) is 7.05. The van der Waals surface area contributed by atoms with Crippen molar-refractivity contribution >= 4 is 29.1 Å². The van der Waals surface area contributed by atoms with Gasteiger partial charge in [0.15, 0.2) is 0 Å². The van der Waals surface area contributed by atoms with Gasteiger partial charge >= 0.3 is 5.97 Å². The number of likely N-dealkylation sites (tertiary alicyclic amines) is 1. The molecule has 2 heterocycles. The maximum atomic E-state index is 12.7. The molecule has 3 rings (SSSR count). The van der Waals surface area contributed by atoms with Crippen LogP contribution in [0.2, 0.25) is 0 Å². The Morgan fingerprint density at radius 1 is 1.22 bits per heavy atom. The van der Waals surface area contributed by atoms with Gasteiger partial charge < -0.3 is 15.3 Å². The lowest BCUT2D eigenvalue weighted by Crippen LogP contribution is -2.48. The van der Waals surface area contributed by atoms with Crippen molar-refractivity contribution in [2.75, 3.05) is 13.1 Å². The SMILES string of the molecule is CC1(C(=O)O)CCCN(C(=O)c2ccc(CNC(=O)c3cccs3)cc2)C1. The molecule has 1 aromatic carbocycles. The van der Waals surface area contributed by atoms with Crippen LogP contribution in [0.4, 0.5) is 0 Å². The van der Waals surface area contributed by atoms with Crippen molar-refractivity contribution in [1.82, 2.24) is 10.2 Å². The number of aliphatic carboxylic acids is 1. The summed E-state index contributed by atoms with van der Waals surface area (Å²) in [5, 5.41) is 14.1. The number of carbonyl (C=O) groups is 3. The van der Waals surface area contributed by atoms with Crippen LogP contribution in [0, 0.1) is 5.41 Å². The quantitative estimate of drug-likeness (QED) is 0.827. The minimum absolute atomic E-state index is 0.119. The molecule has 142 valence electrons. The molecule has 1 unspecified atom stereocenters. The largest absolute Gasteiger partial charge is 0.481 e. The molecular weight excluding hydrogens is 364 g/mol. The first-order valence-electron chi connectivity index (χ1n) is 8.82. The molecule has 0 spiro atoms. The summed E-state index contributed by atoms with van der Waals surface area (Å²) in [6.45, 7) is 2.86. The van der Waals surface area contributed by atoms with Crippen LogP contribution in [0.25, 0.3) is 0 Å². The minimum atomic E-state index is -0.889. The molecule has 7 heteroatoms. The Bertz CT molecular complexity index is 832. The molecular formula is C20H22N2O4S. The van der Waals surface area contributed by atoms with Gasteiger partial charge in [-0.15, -0.1) is 11.3 Å². The van der Waals surface area contributed by atoms with Crippen molar-refractivity contribution in [2.45, 2.75) is 26.3 Å². The molecule has 1 aliphatic rings. The van der Waals surface area contributed by atoms with Gasteiger partial charge in [-0.25, -0.2) is 0 Å². The predicted molar refractivity (Wildman–Crippen MR) is 103 cm³/mol. The lowest BCUT2D eigenvalue weighted by atomic mass is 9.82. The molecule has 2 N–H and O–H groups in total. The van der Waals surface area contributed by atoms with Crippen molar-refractivity contribution in [1.29, 1.82) is 0 Å². The molecule has 1 aliphatic heterocycles. The minimum Gasteiger partial charge on any atom is -0.481 e. The molecule has 2 aromatic rings. The third kappa shape index (κ3) is 4.36. The monoisotopic (exact) mass is 386 g/mol. The van der Waals surface area contributed by atoms with Gasteiger partial charge in [0.2, 0.25) is 0 Å². The highest BCUT2D eigenvalue weighted by Crippen LogP contribution is 2.30. The number of carbonyl (C=O) groups excluding carboxylic acids is 2. The molecule has 0 saturated carbocycles. The van der Waals surface area contributed by atoms with Crippen LogP contribution in [0.5, 0.6) is 0 Å². The maximum Gasteiger partial charge on any atom is 0.311 e. The fraction of sp³-hybridized carbons (Fsp3) is 0.350. The first-order chi connectivity index (χ1) is 12.9. The number of hydrogen-bond acceptors (Lipinski definition) is 4. The fourth-order valence-electron chi connectivity index (χ4n) is 3.21. The highest BCUT2D eigenvalue weighted by atomic mass is 32.1. The molecule has 27 heavy (non-hydrogen) atoms. The van der Waals surface area contributed by atoms with Crippen molar-refractivity contribution in [2.24, 2.45) is 5.41 Å². The van der Waals surface area contributed by atoms with Crippen molar-refractivity contribution in [3.63, 3.8) is 0 Å². The smallest absolute Gasteiger partial charge is 0.311 e. The molecule has 0 bridgehead atoms. The lowest BCUT2D eigenvalue weighted by Gasteiger charge is -2.37. The Hall–Kier alpha value is -2.67. The average molecular weight is 386 g/mol. The molecule has 2 amide bonds. The third-order valence-corrected chi connectivity index (χ3v) is 5.77. The summed E-state index contributed by atoms with van der Waals surface area (Å²) >= 11 is 1.39. The second-order valence-corrected chi connectivity index (χ2v) is 8.00. The summed E-state index contributed by atoms with van der Waals surface area (Å²) in [6, 6.07) is 10.7. The zero-order valence-electron chi connectivity index (χ0n) is 15.1. The van der Waals surface area contributed by atoms with Crippen molar-refractivity contribution in [3.05, 3.63) is 57.8 Å². The first-order valence-corrected chi connectivity index (χ1v) is 9.70.